The summed E-state index contributed by atoms with van der Waals surface area (Å²) in [5.74, 6) is -0.942. The largest absolute Gasteiger partial charge is 0.478 e. The number of allylic oxidation sites excluding steroid dienone is 2. The van der Waals surface area contributed by atoms with E-state index in [2.05, 4.69) is 25.2 Å². The van der Waals surface area contributed by atoms with Gasteiger partial charge in [-0.15, -0.1) is 0 Å². The Labute approximate surface area is 204 Å². The Bertz CT molecular complexity index is 1100. The van der Waals surface area contributed by atoms with Crippen molar-refractivity contribution in [3.8, 4) is 11.8 Å². The highest BCUT2D eigenvalue weighted by atomic mass is 35.5. The van der Waals surface area contributed by atoms with Crippen molar-refractivity contribution in [2.45, 2.75) is 39.0 Å². The Morgan fingerprint density at radius 1 is 1.15 bits per heavy atom. The molecule has 2 aromatic carbocycles. The minimum Gasteiger partial charge on any atom is -0.478 e. The monoisotopic (exact) mass is 484 g/mol. The molecule has 3 atom stereocenters. The lowest BCUT2D eigenvalue weighted by Gasteiger charge is -2.42. The van der Waals surface area contributed by atoms with Crippen LogP contribution in [0.1, 0.15) is 43.1 Å². The highest BCUT2D eigenvalue weighted by Crippen LogP contribution is 2.46. The maximum absolute atomic E-state index is 11.1. The number of aromatic carboxylic acids is 1. The second-order valence-corrected chi connectivity index (χ2v) is 9.33. The van der Waals surface area contributed by atoms with E-state index in [1.54, 1.807) is 12.1 Å². The number of hydrogen-bond donors (Lipinski definition) is 2. The fourth-order valence-corrected chi connectivity index (χ4v) is 5.15. The Balaban J connectivity index is 1.94. The predicted molar refractivity (Wildman–Crippen MR) is 131 cm³/mol. The van der Waals surface area contributed by atoms with E-state index < -0.39 is 23.7 Å². The molecule has 7 heteroatoms. The van der Waals surface area contributed by atoms with Gasteiger partial charge in [0.15, 0.2) is 0 Å². The molecule has 0 bridgehead atoms. The summed E-state index contributed by atoms with van der Waals surface area (Å²) in [6, 6.07) is 18.1. The molecule has 33 heavy (non-hydrogen) atoms. The van der Waals surface area contributed by atoms with E-state index in [9.17, 15) is 10.1 Å². The molecule has 0 spiro atoms. The van der Waals surface area contributed by atoms with Crippen LogP contribution in [0, 0.1) is 23.2 Å². The third-order valence-corrected chi connectivity index (χ3v) is 6.16. The van der Waals surface area contributed by atoms with E-state index in [-0.39, 0.29) is 11.5 Å². The van der Waals surface area contributed by atoms with Gasteiger partial charge in [0.25, 0.3) is 0 Å². The van der Waals surface area contributed by atoms with Gasteiger partial charge in [-0.1, -0.05) is 67.4 Å². The molecule has 0 saturated carbocycles. The van der Waals surface area contributed by atoms with Crippen LogP contribution in [0.15, 0.2) is 70.7 Å². The Kier molecular flexibility index (Phi) is 7.86. The lowest BCUT2D eigenvalue weighted by Crippen LogP contribution is -2.56. The van der Waals surface area contributed by atoms with E-state index in [0.29, 0.717) is 27.8 Å². The van der Waals surface area contributed by atoms with Crippen LogP contribution in [0.3, 0.4) is 0 Å². The summed E-state index contributed by atoms with van der Waals surface area (Å²) in [5, 5.41) is 23.6. The van der Waals surface area contributed by atoms with Crippen molar-refractivity contribution in [3.63, 3.8) is 0 Å². The number of carbonyl (C=O) groups is 1. The molecule has 1 aliphatic carbocycles. The molecular formula is C26H26Cl2N2O3. The summed E-state index contributed by atoms with van der Waals surface area (Å²) < 4.78 is 5.99. The standard InChI is InChI=1S/C26H26Cl2N2O3/c1-16(2)13-26(30-17(3)33-20-11-9-19(10-12-20)25(31)32)14-22(27)23(24(28)21(26)15-29)18-7-5-4-6-8-18/h4-12,14,16-17,21,30H,13H2,1-3H3,(H,31,32). The van der Waals surface area contributed by atoms with Gasteiger partial charge in [-0.25, -0.2) is 4.79 Å². The van der Waals surface area contributed by atoms with Gasteiger partial charge in [-0.05, 0) is 55.2 Å². The fourth-order valence-electron chi connectivity index (χ4n) is 4.24. The van der Waals surface area contributed by atoms with Crippen molar-refractivity contribution in [3.05, 3.63) is 81.9 Å². The lowest BCUT2D eigenvalue weighted by molar-refractivity contribution is 0.0697. The molecule has 0 saturated heterocycles. The highest BCUT2D eigenvalue weighted by Gasteiger charge is 2.45. The van der Waals surface area contributed by atoms with E-state index in [0.717, 1.165) is 5.56 Å². The summed E-state index contributed by atoms with van der Waals surface area (Å²) in [6.45, 7) is 5.97. The fraction of sp³-hybridized carbons (Fsp3) is 0.308. The van der Waals surface area contributed by atoms with E-state index in [1.807, 2.05) is 43.3 Å². The van der Waals surface area contributed by atoms with Gasteiger partial charge >= 0.3 is 5.97 Å². The third kappa shape index (κ3) is 5.59. The average molecular weight is 485 g/mol. The molecule has 0 aliphatic heterocycles. The molecule has 2 N–H and O–H groups in total. The first kappa shape index (κ1) is 24.9. The summed E-state index contributed by atoms with van der Waals surface area (Å²) in [6.07, 6.45) is 1.97. The van der Waals surface area contributed by atoms with Gasteiger partial charge in [0, 0.05) is 15.6 Å². The maximum Gasteiger partial charge on any atom is 0.335 e. The Morgan fingerprint density at radius 3 is 2.33 bits per heavy atom. The molecule has 1 aliphatic rings. The zero-order valence-corrected chi connectivity index (χ0v) is 20.2. The van der Waals surface area contributed by atoms with Gasteiger partial charge < -0.3 is 9.84 Å². The first-order valence-corrected chi connectivity index (χ1v) is 11.4. The van der Waals surface area contributed by atoms with Gasteiger partial charge in [0.05, 0.1) is 17.2 Å². The van der Waals surface area contributed by atoms with Crippen LogP contribution in [-0.2, 0) is 0 Å². The van der Waals surface area contributed by atoms with Crippen LogP contribution in [0.5, 0.6) is 5.75 Å². The minimum atomic E-state index is -1.00. The zero-order valence-electron chi connectivity index (χ0n) is 18.7. The topological polar surface area (TPSA) is 82.3 Å². The third-order valence-electron chi connectivity index (χ3n) is 5.45. The quantitative estimate of drug-likeness (QED) is 0.422. The number of carboxylic acids is 1. The van der Waals surface area contributed by atoms with Gasteiger partial charge in [-0.2, -0.15) is 5.26 Å². The van der Waals surface area contributed by atoms with Crippen molar-refractivity contribution in [1.29, 1.82) is 5.26 Å². The van der Waals surface area contributed by atoms with Crippen LogP contribution < -0.4 is 10.1 Å². The number of benzene rings is 2. The smallest absolute Gasteiger partial charge is 0.335 e. The number of nitrogens with one attached hydrogen (secondary N) is 1. The number of halogens is 2. The van der Waals surface area contributed by atoms with Crippen molar-refractivity contribution < 1.29 is 14.6 Å². The molecule has 5 nitrogen and oxygen atoms in total. The molecule has 0 heterocycles. The van der Waals surface area contributed by atoms with Crippen molar-refractivity contribution in [2.75, 3.05) is 0 Å². The number of ether oxygens (including phenoxy) is 1. The second-order valence-electron chi connectivity index (χ2n) is 8.52. The molecule has 0 fully saturated rings. The molecule has 0 amide bonds. The highest BCUT2D eigenvalue weighted by molar-refractivity contribution is 6.42. The first-order chi connectivity index (χ1) is 15.7. The van der Waals surface area contributed by atoms with E-state index in [4.69, 9.17) is 33.0 Å². The summed E-state index contributed by atoms with van der Waals surface area (Å²) in [4.78, 5) is 11.1. The van der Waals surface area contributed by atoms with Gasteiger partial charge in [0.2, 0.25) is 0 Å². The second kappa shape index (κ2) is 10.4. The summed E-state index contributed by atoms with van der Waals surface area (Å²) in [5.41, 5.74) is 0.834. The normalized spacial score (nSPS) is 21.4. The van der Waals surface area contributed by atoms with Crippen LogP contribution in [0.25, 0.3) is 5.57 Å². The van der Waals surface area contributed by atoms with Gasteiger partial charge in [-0.3, -0.25) is 5.32 Å². The molecule has 0 radical (unpaired) electrons. The lowest BCUT2D eigenvalue weighted by atomic mass is 9.73. The number of rotatable bonds is 8. The van der Waals surface area contributed by atoms with Crippen LogP contribution in [0.4, 0.5) is 0 Å². The van der Waals surface area contributed by atoms with Crippen LogP contribution >= 0.6 is 23.2 Å². The van der Waals surface area contributed by atoms with Crippen molar-refractivity contribution >= 4 is 34.7 Å². The number of carboxylic acid groups (broad SMARTS) is 1. The molecule has 0 aromatic heterocycles. The average Bonchev–Trinajstić information content (AvgIpc) is 2.74. The number of nitriles is 1. The van der Waals surface area contributed by atoms with Crippen LogP contribution in [0.2, 0.25) is 0 Å². The van der Waals surface area contributed by atoms with Crippen LogP contribution in [-0.4, -0.2) is 22.8 Å². The maximum atomic E-state index is 11.1. The van der Waals surface area contributed by atoms with E-state index in [1.165, 1.54) is 12.1 Å². The zero-order chi connectivity index (χ0) is 24.2. The van der Waals surface area contributed by atoms with Crippen molar-refractivity contribution in [1.82, 2.24) is 5.32 Å². The Morgan fingerprint density at radius 2 is 1.79 bits per heavy atom. The Hall–Kier alpha value is -2.78. The van der Waals surface area contributed by atoms with Crippen molar-refractivity contribution in [2.24, 2.45) is 11.8 Å². The molecular weight excluding hydrogens is 459 g/mol. The molecule has 172 valence electrons. The minimum absolute atomic E-state index is 0.177. The number of hydrogen-bond acceptors (Lipinski definition) is 4. The SMILES string of the molecule is CC(C)CC1(NC(C)Oc2ccc(C(=O)O)cc2)C=C(Cl)C(c2ccccc2)=C(Cl)C1C#N. The predicted octanol–water partition coefficient (Wildman–Crippen LogP) is 6.41. The molecule has 2 aromatic rings. The first-order valence-electron chi connectivity index (χ1n) is 10.7. The summed E-state index contributed by atoms with van der Waals surface area (Å²) in [7, 11) is 0. The number of nitrogens with zero attached hydrogens (tertiary/aromatic N) is 1. The molecule has 3 rings (SSSR count). The molecule has 3 unspecified atom stereocenters. The van der Waals surface area contributed by atoms with E-state index >= 15 is 0 Å². The summed E-state index contributed by atoms with van der Waals surface area (Å²) >= 11 is 13.6. The van der Waals surface area contributed by atoms with Gasteiger partial charge in [0.1, 0.15) is 17.9 Å².